The van der Waals surface area contributed by atoms with Crippen LogP contribution in [0.15, 0.2) is 72.8 Å². The maximum Gasteiger partial charge on any atom is 0.324 e. The Morgan fingerprint density at radius 3 is 1.44 bits per heavy atom. The summed E-state index contributed by atoms with van der Waals surface area (Å²) in [5.74, 6) is -2.30. The highest BCUT2D eigenvalue weighted by Gasteiger charge is 2.81. The molecule has 4 unspecified atom stereocenters. The molecule has 0 radical (unpaired) electrons. The van der Waals surface area contributed by atoms with E-state index in [4.69, 9.17) is 9.47 Å². The van der Waals surface area contributed by atoms with Crippen LogP contribution in [0.5, 0.6) is 0 Å². The number of ether oxygens (including phenoxy) is 2. The van der Waals surface area contributed by atoms with Crippen molar-refractivity contribution in [1.29, 1.82) is 0 Å². The number of benzene rings is 2. The van der Waals surface area contributed by atoms with E-state index in [9.17, 15) is 14.4 Å². The van der Waals surface area contributed by atoms with E-state index < -0.39 is 28.6 Å². The number of ketones is 1. The minimum atomic E-state index is -1.56. The molecule has 0 N–H and O–H groups in total. The first-order valence-corrected chi connectivity index (χ1v) is 11.8. The molecule has 0 saturated heterocycles. The van der Waals surface area contributed by atoms with Crippen molar-refractivity contribution >= 4 is 28.9 Å². The van der Waals surface area contributed by atoms with E-state index in [-0.39, 0.29) is 11.8 Å². The molecule has 34 heavy (non-hydrogen) atoms. The minimum Gasteiger partial charge on any atom is -0.468 e. The molecule has 5 heteroatoms. The van der Waals surface area contributed by atoms with Gasteiger partial charge in [-0.25, -0.2) is 0 Å². The lowest BCUT2D eigenvalue weighted by Crippen LogP contribution is -2.43. The minimum absolute atomic E-state index is 0.362. The third-order valence-corrected chi connectivity index (χ3v) is 7.95. The van der Waals surface area contributed by atoms with E-state index in [1.54, 1.807) is 0 Å². The third-order valence-electron chi connectivity index (χ3n) is 7.95. The van der Waals surface area contributed by atoms with Crippen molar-refractivity contribution in [2.45, 2.75) is 25.7 Å². The highest BCUT2D eigenvalue weighted by Crippen LogP contribution is 2.74. The second kappa shape index (κ2) is 8.39. The molecule has 1 saturated carbocycles. The van der Waals surface area contributed by atoms with Gasteiger partial charge in [0.25, 0.3) is 0 Å². The second-order valence-electron chi connectivity index (χ2n) is 9.25. The van der Waals surface area contributed by atoms with Gasteiger partial charge in [-0.1, -0.05) is 72.8 Å². The number of carbonyl (C=O) groups is 3. The normalized spacial score (nSPS) is 30.8. The lowest BCUT2D eigenvalue weighted by atomic mass is 9.58. The number of allylic oxidation sites excluding steroid dienone is 2. The molecule has 0 aromatic heterocycles. The zero-order valence-electron chi connectivity index (χ0n) is 19.5. The van der Waals surface area contributed by atoms with Gasteiger partial charge in [0.2, 0.25) is 0 Å². The van der Waals surface area contributed by atoms with Gasteiger partial charge in [-0.15, -0.1) is 0 Å². The number of fused-ring (bicyclic) bond motifs is 5. The summed E-state index contributed by atoms with van der Waals surface area (Å²) >= 11 is 0. The maximum atomic E-state index is 14.7. The number of rotatable bonds is 4. The predicted octanol–water partition coefficient (Wildman–Crippen LogP) is 4.88. The lowest BCUT2D eigenvalue weighted by molar-refractivity contribution is -0.157. The zero-order chi connectivity index (χ0) is 23.9. The number of esters is 2. The number of methoxy groups -OCH3 is 2. The summed E-state index contributed by atoms with van der Waals surface area (Å²) in [4.78, 5) is 42.4. The molecule has 1 fully saturated rings. The topological polar surface area (TPSA) is 69.7 Å². The van der Waals surface area contributed by atoms with Gasteiger partial charge in [0.15, 0.2) is 16.6 Å². The van der Waals surface area contributed by atoms with Crippen LogP contribution in [0.4, 0.5) is 0 Å². The third kappa shape index (κ3) is 2.70. The Labute approximate surface area is 199 Å². The molecule has 0 aliphatic heterocycles. The molecule has 4 atom stereocenters. The number of Topliss-reactive ketones (excluding diaryl/α,β-unsaturated/α-hetero) is 1. The van der Waals surface area contributed by atoms with Crippen molar-refractivity contribution in [3.05, 3.63) is 83.9 Å². The molecular weight excluding hydrogens is 428 g/mol. The molecule has 2 aromatic rings. The predicted molar refractivity (Wildman–Crippen MR) is 128 cm³/mol. The number of carbonyl (C=O) groups excluding carboxylic acids is 3. The molecule has 0 heterocycles. The lowest BCUT2D eigenvalue weighted by Gasteiger charge is -2.42. The molecule has 3 aliphatic rings. The fourth-order valence-corrected chi connectivity index (χ4v) is 6.83. The molecular formula is C29H28O5. The largest absolute Gasteiger partial charge is 0.468 e. The van der Waals surface area contributed by atoms with E-state index in [1.165, 1.54) is 14.2 Å². The standard InChI is InChI=1S/C29H28O5/c1-33-26(31)28-21-17-11-3-4-12-18-22(21)29(25(28)30,27(32)34-2)24(20-15-9-6-10-16-20)23(28)19-13-7-5-8-14-19/h3-10,13-16,21-22H,11-12,17-18H2,1-2H3/b4-3-. The first-order chi connectivity index (χ1) is 16.6. The van der Waals surface area contributed by atoms with Crippen LogP contribution in [0.3, 0.4) is 0 Å². The Morgan fingerprint density at radius 1 is 0.706 bits per heavy atom. The summed E-state index contributed by atoms with van der Waals surface area (Å²) in [6.07, 6.45) is 6.89. The Hall–Kier alpha value is -3.47. The van der Waals surface area contributed by atoms with E-state index in [2.05, 4.69) is 12.2 Å². The van der Waals surface area contributed by atoms with Crippen LogP contribution in [0.2, 0.25) is 0 Å². The summed E-state index contributed by atoms with van der Waals surface area (Å²) in [5.41, 5.74) is -0.444. The first kappa shape index (κ1) is 22.3. The fraction of sp³-hybridized carbons (Fsp3) is 0.345. The van der Waals surface area contributed by atoms with Crippen LogP contribution < -0.4 is 0 Å². The zero-order valence-corrected chi connectivity index (χ0v) is 19.5. The van der Waals surface area contributed by atoms with Crippen LogP contribution in [0, 0.1) is 22.7 Å². The van der Waals surface area contributed by atoms with Crippen molar-refractivity contribution in [2.24, 2.45) is 22.7 Å². The molecule has 3 aliphatic carbocycles. The summed E-state index contributed by atoms with van der Waals surface area (Å²) in [6.45, 7) is 0. The van der Waals surface area contributed by atoms with E-state index >= 15 is 0 Å². The van der Waals surface area contributed by atoms with Crippen LogP contribution in [0.25, 0.3) is 11.1 Å². The number of hydrogen-bond donors (Lipinski definition) is 0. The van der Waals surface area contributed by atoms with Gasteiger partial charge in [-0.3, -0.25) is 14.4 Å². The van der Waals surface area contributed by atoms with Crippen molar-refractivity contribution < 1.29 is 23.9 Å². The molecule has 174 valence electrons. The van der Waals surface area contributed by atoms with Gasteiger partial charge in [0.05, 0.1) is 14.2 Å². The van der Waals surface area contributed by atoms with Crippen molar-refractivity contribution in [1.82, 2.24) is 0 Å². The van der Waals surface area contributed by atoms with Crippen LogP contribution in [-0.2, 0) is 23.9 Å². The molecule has 2 bridgehead atoms. The average Bonchev–Trinajstić information content (AvgIpc) is 3.22. The molecule has 5 nitrogen and oxygen atoms in total. The summed E-state index contributed by atoms with van der Waals surface area (Å²) in [6, 6.07) is 18.9. The smallest absolute Gasteiger partial charge is 0.324 e. The van der Waals surface area contributed by atoms with Gasteiger partial charge in [-0.2, -0.15) is 0 Å². The van der Waals surface area contributed by atoms with E-state index in [0.29, 0.717) is 24.0 Å². The Morgan fingerprint density at radius 2 is 1.09 bits per heavy atom. The average molecular weight is 457 g/mol. The molecule has 0 amide bonds. The van der Waals surface area contributed by atoms with Gasteiger partial charge in [0, 0.05) is 0 Å². The number of hydrogen-bond acceptors (Lipinski definition) is 5. The van der Waals surface area contributed by atoms with Crippen molar-refractivity contribution in [3.8, 4) is 0 Å². The quantitative estimate of drug-likeness (QED) is 0.373. The maximum absolute atomic E-state index is 14.7. The van der Waals surface area contributed by atoms with Crippen molar-refractivity contribution in [2.75, 3.05) is 14.2 Å². The van der Waals surface area contributed by atoms with Crippen LogP contribution >= 0.6 is 0 Å². The van der Waals surface area contributed by atoms with E-state index in [0.717, 1.165) is 24.0 Å². The first-order valence-electron chi connectivity index (χ1n) is 11.8. The highest BCUT2D eigenvalue weighted by molar-refractivity contribution is 6.38. The van der Waals surface area contributed by atoms with Crippen molar-refractivity contribution in [3.63, 3.8) is 0 Å². The second-order valence-corrected chi connectivity index (χ2v) is 9.25. The van der Waals surface area contributed by atoms with Gasteiger partial charge < -0.3 is 9.47 Å². The van der Waals surface area contributed by atoms with Crippen LogP contribution in [-0.4, -0.2) is 31.9 Å². The van der Waals surface area contributed by atoms with E-state index in [1.807, 2.05) is 60.7 Å². The highest BCUT2D eigenvalue weighted by atomic mass is 16.5. The molecule has 5 rings (SSSR count). The van der Waals surface area contributed by atoms with Gasteiger partial charge >= 0.3 is 11.9 Å². The Kier molecular flexibility index (Phi) is 5.51. The summed E-state index contributed by atoms with van der Waals surface area (Å²) in [5, 5.41) is 0. The summed E-state index contributed by atoms with van der Waals surface area (Å²) < 4.78 is 10.8. The van der Waals surface area contributed by atoms with Gasteiger partial charge in [-0.05, 0) is 59.8 Å². The van der Waals surface area contributed by atoms with Gasteiger partial charge in [0.1, 0.15) is 0 Å². The van der Waals surface area contributed by atoms with Crippen LogP contribution in [0.1, 0.15) is 36.8 Å². The Bertz CT molecular complexity index is 1100. The Balaban J connectivity index is 1.96. The summed E-state index contributed by atoms with van der Waals surface area (Å²) in [7, 11) is 2.65. The monoisotopic (exact) mass is 456 g/mol. The fourth-order valence-electron chi connectivity index (χ4n) is 6.83. The molecule has 0 spiro atoms. The SMILES string of the molecule is COC(=O)C12C(=O)C(C(=O)OC)(C(c3ccccc3)=C1c1ccccc1)C1CC/C=C\CCC12. The molecule has 2 aromatic carbocycles.